The van der Waals surface area contributed by atoms with Crippen molar-refractivity contribution in [3.05, 3.63) is 12.5 Å². The third-order valence-electron chi connectivity index (χ3n) is 1.68. The van der Waals surface area contributed by atoms with E-state index in [1.165, 1.54) is 18.0 Å². The standard InChI is InChI=1S/C8H14N2O3S/c1-12-5-6(9)7(4-11)14-8-10-2-3-13-8/h2-3,6-7,11H,4-5,9H2,1H3. The molecule has 6 heteroatoms. The van der Waals surface area contributed by atoms with Gasteiger partial charge in [0.05, 0.1) is 24.7 Å². The molecule has 0 spiro atoms. The molecule has 0 radical (unpaired) electrons. The highest BCUT2D eigenvalue weighted by molar-refractivity contribution is 7.99. The molecule has 0 aliphatic heterocycles. The van der Waals surface area contributed by atoms with Crippen molar-refractivity contribution in [1.82, 2.24) is 4.98 Å². The van der Waals surface area contributed by atoms with E-state index in [1.807, 2.05) is 0 Å². The molecule has 3 N–H and O–H groups in total. The van der Waals surface area contributed by atoms with E-state index in [1.54, 1.807) is 13.3 Å². The van der Waals surface area contributed by atoms with Crippen LogP contribution in [0.25, 0.3) is 0 Å². The molecule has 0 amide bonds. The van der Waals surface area contributed by atoms with Gasteiger partial charge in [0.15, 0.2) is 0 Å². The lowest BCUT2D eigenvalue weighted by molar-refractivity contribution is 0.167. The fraction of sp³-hybridized carbons (Fsp3) is 0.625. The Balaban J connectivity index is 2.46. The van der Waals surface area contributed by atoms with E-state index in [-0.39, 0.29) is 17.9 Å². The molecule has 1 aromatic rings. The highest BCUT2D eigenvalue weighted by Gasteiger charge is 2.20. The van der Waals surface area contributed by atoms with Gasteiger partial charge < -0.3 is 20.0 Å². The number of hydrogen-bond acceptors (Lipinski definition) is 6. The van der Waals surface area contributed by atoms with E-state index in [0.29, 0.717) is 11.8 Å². The second-order valence-electron chi connectivity index (χ2n) is 2.76. The molecule has 80 valence electrons. The molecule has 2 atom stereocenters. The van der Waals surface area contributed by atoms with E-state index in [9.17, 15) is 0 Å². The van der Waals surface area contributed by atoms with Crippen LogP contribution in [-0.4, -0.2) is 41.7 Å². The minimum atomic E-state index is -0.234. The number of oxazole rings is 1. The van der Waals surface area contributed by atoms with Gasteiger partial charge in [0.25, 0.3) is 5.22 Å². The van der Waals surface area contributed by atoms with E-state index < -0.39 is 0 Å². The zero-order valence-corrected chi connectivity index (χ0v) is 8.74. The predicted molar refractivity (Wildman–Crippen MR) is 53.1 cm³/mol. The molecule has 1 rings (SSSR count). The van der Waals surface area contributed by atoms with Crippen molar-refractivity contribution in [3.8, 4) is 0 Å². The van der Waals surface area contributed by atoms with Crippen molar-refractivity contribution in [2.75, 3.05) is 20.3 Å². The average Bonchev–Trinajstić information content (AvgIpc) is 2.66. The van der Waals surface area contributed by atoms with Gasteiger partial charge in [0.1, 0.15) is 6.26 Å². The Morgan fingerprint density at radius 2 is 2.57 bits per heavy atom. The molecule has 0 aliphatic carbocycles. The molecule has 1 aromatic heterocycles. The summed E-state index contributed by atoms with van der Waals surface area (Å²) < 4.78 is 9.94. The number of ether oxygens (including phenoxy) is 1. The second-order valence-corrected chi connectivity index (χ2v) is 3.95. The number of thioether (sulfide) groups is 1. The largest absolute Gasteiger partial charge is 0.440 e. The number of nitrogens with zero attached hydrogens (tertiary/aromatic N) is 1. The van der Waals surface area contributed by atoms with E-state index in [0.717, 1.165) is 0 Å². The lowest BCUT2D eigenvalue weighted by atomic mass is 10.2. The fourth-order valence-corrected chi connectivity index (χ4v) is 1.78. The van der Waals surface area contributed by atoms with Gasteiger partial charge in [-0.25, -0.2) is 4.98 Å². The second kappa shape index (κ2) is 6.02. The van der Waals surface area contributed by atoms with Crippen molar-refractivity contribution < 1.29 is 14.3 Å². The quantitative estimate of drug-likeness (QED) is 0.659. The van der Waals surface area contributed by atoms with Crippen molar-refractivity contribution in [2.24, 2.45) is 5.73 Å². The first-order valence-electron chi connectivity index (χ1n) is 4.19. The summed E-state index contributed by atoms with van der Waals surface area (Å²) in [6, 6.07) is -0.234. The Morgan fingerprint density at radius 1 is 1.79 bits per heavy atom. The summed E-state index contributed by atoms with van der Waals surface area (Å²) >= 11 is 1.31. The Hall–Kier alpha value is -0.560. The zero-order chi connectivity index (χ0) is 10.4. The van der Waals surface area contributed by atoms with Crippen LogP contribution in [0.4, 0.5) is 0 Å². The van der Waals surface area contributed by atoms with E-state index in [2.05, 4.69) is 4.98 Å². The maximum Gasteiger partial charge on any atom is 0.255 e. The SMILES string of the molecule is COCC(N)C(CO)Sc1ncco1. The Morgan fingerprint density at radius 3 is 3.07 bits per heavy atom. The van der Waals surface area contributed by atoms with Crippen molar-refractivity contribution in [3.63, 3.8) is 0 Å². The molecule has 0 aromatic carbocycles. The van der Waals surface area contributed by atoms with Gasteiger partial charge >= 0.3 is 0 Å². The zero-order valence-electron chi connectivity index (χ0n) is 7.92. The van der Waals surface area contributed by atoms with Crippen LogP contribution in [0, 0.1) is 0 Å². The monoisotopic (exact) mass is 218 g/mol. The first kappa shape index (κ1) is 11.5. The van der Waals surface area contributed by atoms with Crippen LogP contribution in [0.1, 0.15) is 0 Å². The number of aromatic nitrogens is 1. The molecular formula is C8H14N2O3S. The van der Waals surface area contributed by atoms with Crippen LogP contribution in [0.2, 0.25) is 0 Å². The highest BCUT2D eigenvalue weighted by Crippen LogP contribution is 2.22. The van der Waals surface area contributed by atoms with Gasteiger partial charge in [-0.2, -0.15) is 0 Å². The van der Waals surface area contributed by atoms with Gasteiger partial charge in [0.2, 0.25) is 0 Å². The summed E-state index contributed by atoms with van der Waals surface area (Å²) in [6.45, 7) is 0.372. The minimum Gasteiger partial charge on any atom is -0.440 e. The number of hydrogen-bond donors (Lipinski definition) is 2. The number of nitrogens with two attached hydrogens (primary N) is 1. The first-order chi connectivity index (χ1) is 6.77. The number of aliphatic hydroxyl groups is 1. The molecule has 5 nitrogen and oxygen atoms in total. The summed E-state index contributed by atoms with van der Waals surface area (Å²) in [5.41, 5.74) is 5.78. The van der Waals surface area contributed by atoms with Gasteiger partial charge in [-0.15, -0.1) is 0 Å². The van der Waals surface area contributed by atoms with Crippen LogP contribution in [0.3, 0.4) is 0 Å². The first-order valence-corrected chi connectivity index (χ1v) is 5.07. The smallest absolute Gasteiger partial charge is 0.255 e. The Kier molecular flexibility index (Phi) is 4.95. The van der Waals surface area contributed by atoms with Crippen LogP contribution in [0.15, 0.2) is 22.1 Å². The van der Waals surface area contributed by atoms with E-state index >= 15 is 0 Å². The van der Waals surface area contributed by atoms with Crippen LogP contribution in [-0.2, 0) is 4.74 Å². The summed E-state index contributed by atoms with van der Waals surface area (Å²) in [5, 5.41) is 9.45. The maximum absolute atomic E-state index is 9.10. The summed E-state index contributed by atoms with van der Waals surface area (Å²) in [5.74, 6) is 0. The highest BCUT2D eigenvalue weighted by atomic mass is 32.2. The number of aliphatic hydroxyl groups excluding tert-OH is 1. The van der Waals surface area contributed by atoms with Crippen molar-refractivity contribution in [1.29, 1.82) is 0 Å². The van der Waals surface area contributed by atoms with Gasteiger partial charge in [-0.1, -0.05) is 11.8 Å². The Bertz CT molecular complexity index is 243. The average molecular weight is 218 g/mol. The van der Waals surface area contributed by atoms with Gasteiger partial charge in [-0.3, -0.25) is 0 Å². The topological polar surface area (TPSA) is 81.5 Å². The summed E-state index contributed by atoms with van der Waals surface area (Å²) in [6.07, 6.45) is 3.04. The maximum atomic E-state index is 9.10. The molecule has 2 unspecified atom stereocenters. The fourth-order valence-electron chi connectivity index (χ4n) is 0.958. The van der Waals surface area contributed by atoms with Crippen molar-refractivity contribution in [2.45, 2.75) is 16.5 Å². The predicted octanol–water partition coefficient (Wildman–Crippen LogP) is 0.101. The minimum absolute atomic E-state index is 0.0302. The van der Waals surface area contributed by atoms with Crippen LogP contribution in [0.5, 0.6) is 0 Å². The van der Waals surface area contributed by atoms with E-state index in [4.69, 9.17) is 20.0 Å². The van der Waals surface area contributed by atoms with Gasteiger partial charge in [0, 0.05) is 13.2 Å². The Labute approximate surface area is 86.6 Å². The van der Waals surface area contributed by atoms with Gasteiger partial charge in [-0.05, 0) is 0 Å². The lowest BCUT2D eigenvalue weighted by Gasteiger charge is -2.18. The molecular weight excluding hydrogens is 204 g/mol. The molecule has 0 saturated heterocycles. The molecule has 1 heterocycles. The van der Waals surface area contributed by atoms with Crippen molar-refractivity contribution >= 4 is 11.8 Å². The number of methoxy groups -OCH3 is 1. The third-order valence-corrected chi connectivity index (χ3v) is 2.88. The molecule has 14 heavy (non-hydrogen) atoms. The van der Waals surface area contributed by atoms with Crippen LogP contribution >= 0.6 is 11.8 Å². The molecule has 0 aliphatic rings. The molecule has 0 fully saturated rings. The van der Waals surface area contributed by atoms with Crippen LogP contribution < -0.4 is 5.73 Å². The summed E-state index contributed by atoms with van der Waals surface area (Å²) in [4.78, 5) is 3.94. The normalized spacial score (nSPS) is 15.4. The third kappa shape index (κ3) is 3.30. The summed E-state index contributed by atoms with van der Waals surface area (Å²) in [7, 11) is 1.57. The number of rotatable bonds is 6. The molecule has 0 bridgehead atoms. The lowest BCUT2D eigenvalue weighted by Crippen LogP contribution is -2.38. The molecule has 0 saturated carbocycles.